The van der Waals surface area contributed by atoms with Crippen molar-refractivity contribution in [3.63, 3.8) is 0 Å². The van der Waals surface area contributed by atoms with E-state index >= 15 is 0 Å². The highest BCUT2D eigenvalue weighted by molar-refractivity contribution is 7.91. The number of nitrogens with two attached hydrogens (primary N) is 1. The normalized spacial score (nSPS) is 21.8. The Morgan fingerprint density at radius 2 is 2.06 bits per heavy atom. The van der Waals surface area contributed by atoms with Crippen molar-refractivity contribution in [2.45, 2.75) is 31.2 Å². The summed E-state index contributed by atoms with van der Waals surface area (Å²) in [5.74, 6) is 0.163. The SMILES string of the molecule is Cc1cc(C)c2c(c1)S(=O)(=O)CC(CCN)N2C. The van der Waals surface area contributed by atoms with Crippen LogP contribution in [-0.4, -0.2) is 33.8 Å². The molecule has 0 spiro atoms. The number of sulfone groups is 1. The van der Waals surface area contributed by atoms with Crippen molar-refractivity contribution in [3.8, 4) is 0 Å². The highest BCUT2D eigenvalue weighted by Crippen LogP contribution is 2.36. The molecule has 100 valence electrons. The first-order valence-electron chi connectivity index (χ1n) is 6.13. The van der Waals surface area contributed by atoms with Crippen LogP contribution in [0, 0.1) is 13.8 Å². The second kappa shape index (κ2) is 4.55. The zero-order valence-corrected chi connectivity index (χ0v) is 11.9. The summed E-state index contributed by atoms with van der Waals surface area (Å²) in [6, 6.07) is 3.77. The number of anilines is 1. The molecule has 4 nitrogen and oxygen atoms in total. The van der Waals surface area contributed by atoms with E-state index in [2.05, 4.69) is 4.90 Å². The summed E-state index contributed by atoms with van der Waals surface area (Å²) in [4.78, 5) is 2.54. The van der Waals surface area contributed by atoms with Crippen molar-refractivity contribution in [2.75, 3.05) is 24.2 Å². The van der Waals surface area contributed by atoms with Crippen LogP contribution in [0.15, 0.2) is 17.0 Å². The summed E-state index contributed by atoms with van der Waals surface area (Å²) in [5, 5.41) is 0. The third kappa shape index (κ3) is 2.12. The minimum Gasteiger partial charge on any atom is -0.369 e. The van der Waals surface area contributed by atoms with Gasteiger partial charge < -0.3 is 10.6 Å². The predicted octanol–water partition coefficient (Wildman–Crippen LogP) is 1.24. The van der Waals surface area contributed by atoms with Gasteiger partial charge in [-0.1, -0.05) is 6.07 Å². The molecule has 0 saturated heterocycles. The molecule has 0 saturated carbocycles. The number of hydrogen-bond acceptors (Lipinski definition) is 4. The average molecular weight is 268 g/mol. The molecule has 18 heavy (non-hydrogen) atoms. The molecule has 1 aliphatic rings. The van der Waals surface area contributed by atoms with Gasteiger partial charge in [0, 0.05) is 13.1 Å². The van der Waals surface area contributed by atoms with Gasteiger partial charge in [-0.05, 0) is 44.0 Å². The second-order valence-corrected chi connectivity index (χ2v) is 7.05. The van der Waals surface area contributed by atoms with E-state index in [1.54, 1.807) is 6.07 Å². The second-order valence-electron chi connectivity index (χ2n) is 5.05. The standard InChI is InChI=1S/C13H20N2O2S/c1-9-6-10(2)13-12(7-9)18(16,17)8-11(4-5-14)15(13)3/h6-7,11H,4-5,8,14H2,1-3H3. The predicted molar refractivity (Wildman–Crippen MR) is 73.8 cm³/mol. The smallest absolute Gasteiger partial charge is 0.182 e. The Bertz CT molecular complexity index is 567. The van der Waals surface area contributed by atoms with Crippen LogP contribution < -0.4 is 10.6 Å². The van der Waals surface area contributed by atoms with Crippen LogP contribution in [0.1, 0.15) is 17.5 Å². The van der Waals surface area contributed by atoms with Crippen LogP contribution in [-0.2, 0) is 9.84 Å². The molecule has 0 aliphatic carbocycles. The summed E-state index contributed by atoms with van der Waals surface area (Å²) < 4.78 is 24.7. The third-order valence-corrected chi connectivity index (χ3v) is 5.36. The fourth-order valence-corrected chi connectivity index (χ4v) is 4.76. The highest BCUT2D eigenvalue weighted by Gasteiger charge is 2.34. The van der Waals surface area contributed by atoms with Crippen LogP contribution >= 0.6 is 0 Å². The molecule has 0 fully saturated rings. The number of fused-ring (bicyclic) bond motifs is 1. The molecule has 2 N–H and O–H groups in total. The fraction of sp³-hybridized carbons (Fsp3) is 0.538. The lowest BCUT2D eigenvalue weighted by Gasteiger charge is -2.37. The Morgan fingerprint density at radius 1 is 1.39 bits per heavy atom. The maximum atomic E-state index is 12.3. The summed E-state index contributed by atoms with van der Waals surface area (Å²) >= 11 is 0. The van der Waals surface area contributed by atoms with Crippen molar-refractivity contribution in [2.24, 2.45) is 5.73 Å². The van der Waals surface area contributed by atoms with E-state index < -0.39 is 9.84 Å². The molecule has 1 unspecified atom stereocenters. The molecule has 0 radical (unpaired) electrons. The van der Waals surface area contributed by atoms with E-state index in [1.165, 1.54) is 0 Å². The number of hydrogen-bond donors (Lipinski definition) is 1. The molecular formula is C13H20N2O2S. The van der Waals surface area contributed by atoms with Crippen LogP contribution in [0.3, 0.4) is 0 Å². The van der Waals surface area contributed by atoms with E-state index in [-0.39, 0.29) is 11.8 Å². The molecule has 0 amide bonds. The van der Waals surface area contributed by atoms with E-state index in [4.69, 9.17) is 5.73 Å². The first-order chi connectivity index (χ1) is 8.36. The van der Waals surface area contributed by atoms with Crippen molar-refractivity contribution >= 4 is 15.5 Å². The topological polar surface area (TPSA) is 63.4 Å². The summed E-state index contributed by atoms with van der Waals surface area (Å²) in [5.41, 5.74) is 8.41. The zero-order chi connectivity index (χ0) is 13.5. The van der Waals surface area contributed by atoms with Gasteiger partial charge in [-0.15, -0.1) is 0 Å². The van der Waals surface area contributed by atoms with Gasteiger partial charge in [-0.2, -0.15) is 0 Å². The van der Waals surface area contributed by atoms with E-state index in [0.717, 1.165) is 16.8 Å². The molecule has 0 aromatic heterocycles. The van der Waals surface area contributed by atoms with Gasteiger partial charge in [0.15, 0.2) is 9.84 Å². The molecule has 5 heteroatoms. The lowest BCUT2D eigenvalue weighted by molar-refractivity contribution is 0.559. The maximum absolute atomic E-state index is 12.3. The molecule has 2 rings (SSSR count). The van der Waals surface area contributed by atoms with Crippen LogP contribution in [0.4, 0.5) is 5.69 Å². The van der Waals surface area contributed by atoms with Crippen LogP contribution in [0.5, 0.6) is 0 Å². The number of benzene rings is 1. The molecular weight excluding hydrogens is 248 g/mol. The van der Waals surface area contributed by atoms with E-state index in [1.807, 2.05) is 27.0 Å². The molecule has 1 aliphatic heterocycles. The lowest BCUT2D eigenvalue weighted by atomic mass is 10.1. The Kier molecular flexibility index (Phi) is 3.38. The highest BCUT2D eigenvalue weighted by atomic mass is 32.2. The monoisotopic (exact) mass is 268 g/mol. The summed E-state index contributed by atoms with van der Waals surface area (Å²) in [6.45, 7) is 4.39. The zero-order valence-electron chi connectivity index (χ0n) is 11.1. The first-order valence-corrected chi connectivity index (χ1v) is 7.79. The average Bonchev–Trinajstić information content (AvgIpc) is 2.25. The summed E-state index contributed by atoms with van der Waals surface area (Å²) in [6.07, 6.45) is 0.697. The van der Waals surface area contributed by atoms with Crippen molar-refractivity contribution in [1.29, 1.82) is 0 Å². The van der Waals surface area contributed by atoms with Crippen molar-refractivity contribution in [1.82, 2.24) is 0 Å². The molecule has 1 heterocycles. The minimum absolute atomic E-state index is 0.0195. The van der Waals surface area contributed by atoms with Gasteiger partial charge in [0.1, 0.15) is 0 Å². The Balaban J connectivity index is 2.63. The van der Waals surface area contributed by atoms with Gasteiger partial charge in [0.05, 0.1) is 16.3 Å². The molecule has 1 aromatic rings. The quantitative estimate of drug-likeness (QED) is 0.876. The third-order valence-electron chi connectivity index (χ3n) is 3.56. The Hall–Kier alpha value is -1.07. The van der Waals surface area contributed by atoms with Gasteiger partial charge in [-0.25, -0.2) is 8.42 Å². The fourth-order valence-electron chi connectivity index (χ4n) is 2.72. The number of rotatable bonds is 2. The first kappa shape index (κ1) is 13.4. The van der Waals surface area contributed by atoms with E-state index in [9.17, 15) is 8.42 Å². The Labute approximate surface area is 109 Å². The Morgan fingerprint density at radius 3 is 2.67 bits per heavy atom. The number of aryl methyl sites for hydroxylation is 2. The van der Waals surface area contributed by atoms with Gasteiger partial charge in [-0.3, -0.25) is 0 Å². The number of nitrogens with zero attached hydrogens (tertiary/aromatic N) is 1. The summed E-state index contributed by atoms with van der Waals surface area (Å²) in [7, 11) is -1.23. The van der Waals surface area contributed by atoms with Crippen molar-refractivity contribution < 1.29 is 8.42 Å². The molecule has 0 bridgehead atoms. The minimum atomic E-state index is -3.19. The lowest BCUT2D eigenvalue weighted by Crippen LogP contribution is -2.43. The van der Waals surface area contributed by atoms with Gasteiger partial charge in [0.25, 0.3) is 0 Å². The van der Waals surface area contributed by atoms with Crippen LogP contribution in [0.2, 0.25) is 0 Å². The van der Waals surface area contributed by atoms with Crippen molar-refractivity contribution in [3.05, 3.63) is 23.3 Å². The largest absolute Gasteiger partial charge is 0.369 e. The van der Waals surface area contributed by atoms with E-state index in [0.29, 0.717) is 17.9 Å². The molecule has 1 atom stereocenters. The molecule has 1 aromatic carbocycles. The van der Waals surface area contributed by atoms with Gasteiger partial charge >= 0.3 is 0 Å². The maximum Gasteiger partial charge on any atom is 0.182 e. The van der Waals surface area contributed by atoms with Crippen LogP contribution in [0.25, 0.3) is 0 Å². The van der Waals surface area contributed by atoms with Gasteiger partial charge in [0.2, 0.25) is 0 Å².